The van der Waals surface area contributed by atoms with Gasteiger partial charge < -0.3 is 10.4 Å². The van der Waals surface area contributed by atoms with Crippen molar-refractivity contribution < 1.29 is 11.3 Å². The predicted molar refractivity (Wildman–Crippen MR) is 116 cm³/mol. The van der Waals surface area contributed by atoms with E-state index in [9.17, 15) is 14.7 Å². The number of carbonyl (C=O) groups is 1. The molecule has 3 N–H and O–H groups in total. The zero-order chi connectivity index (χ0) is 21.7. The number of benzene rings is 1. The molecule has 29 heavy (non-hydrogen) atoms. The number of anilines is 1. The van der Waals surface area contributed by atoms with Crippen molar-refractivity contribution in [2.75, 3.05) is 5.32 Å². The first kappa shape index (κ1) is 20.6. The van der Waals surface area contributed by atoms with Gasteiger partial charge >= 0.3 is 0 Å². The number of hydrogen-bond acceptors (Lipinski definition) is 4. The number of amides is 1. The van der Waals surface area contributed by atoms with Crippen LogP contribution in [0.15, 0.2) is 29.2 Å². The third-order valence-corrected chi connectivity index (χ3v) is 4.87. The Morgan fingerprint density at radius 3 is 2.31 bits per heavy atom. The van der Waals surface area contributed by atoms with Crippen LogP contribution in [0.3, 0.4) is 0 Å². The Morgan fingerprint density at radius 2 is 1.72 bits per heavy atom. The molecule has 7 heteroatoms. The van der Waals surface area contributed by atoms with Gasteiger partial charge in [-0.15, -0.1) is 0 Å². The summed E-state index contributed by atoms with van der Waals surface area (Å²) in [6, 6.07) is 5.21. The highest BCUT2D eigenvalue weighted by atomic mass is 16.3. The predicted octanol–water partition coefficient (Wildman–Crippen LogP) is 4.13. The first-order valence-electron chi connectivity index (χ1n) is 9.56. The van der Waals surface area contributed by atoms with Crippen molar-refractivity contribution in [1.82, 2.24) is 14.6 Å². The van der Waals surface area contributed by atoms with E-state index in [2.05, 4.69) is 15.4 Å². The van der Waals surface area contributed by atoms with Crippen LogP contribution in [0.1, 0.15) is 70.1 Å². The lowest BCUT2D eigenvalue weighted by Gasteiger charge is -2.28. The molecule has 0 aliphatic rings. The van der Waals surface area contributed by atoms with E-state index in [1.54, 1.807) is 12.1 Å². The molecule has 2 aromatic heterocycles. The van der Waals surface area contributed by atoms with Crippen molar-refractivity contribution in [2.45, 2.75) is 59.3 Å². The number of aromatic amines is 1. The van der Waals surface area contributed by atoms with Crippen molar-refractivity contribution in [1.29, 1.82) is 0 Å². The van der Waals surface area contributed by atoms with Gasteiger partial charge in [0.2, 0.25) is 0 Å². The van der Waals surface area contributed by atoms with Crippen molar-refractivity contribution in [3.8, 4) is 5.75 Å². The third kappa shape index (κ3) is 3.90. The lowest BCUT2D eigenvalue weighted by atomic mass is 9.79. The number of aromatic nitrogens is 3. The van der Waals surface area contributed by atoms with Gasteiger partial charge in [0.15, 0.2) is 5.65 Å². The molecule has 0 radical (unpaired) electrons. The summed E-state index contributed by atoms with van der Waals surface area (Å²) < 4.78 is 1.25. The second-order valence-electron chi connectivity index (χ2n) is 9.48. The number of carbonyl (C=O) groups excluding carboxylic acids is 1. The molecular formula is C22H30N4O3. The number of hydrogen-bond donors (Lipinski definition) is 3. The van der Waals surface area contributed by atoms with Gasteiger partial charge in [0.05, 0.1) is 0 Å². The lowest BCUT2D eigenvalue weighted by Crippen LogP contribution is -2.28. The first-order chi connectivity index (χ1) is 13.3. The van der Waals surface area contributed by atoms with Crippen molar-refractivity contribution >= 4 is 17.2 Å². The van der Waals surface area contributed by atoms with E-state index in [0.29, 0.717) is 11.3 Å². The van der Waals surface area contributed by atoms with Crippen molar-refractivity contribution in [2.24, 2.45) is 0 Å². The Kier molecular flexibility index (Phi) is 4.81. The van der Waals surface area contributed by atoms with Crippen LogP contribution in [0, 0.1) is 6.92 Å². The normalized spacial score (nSPS) is 12.4. The molecule has 156 valence electrons. The molecule has 0 bridgehead atoms. The Hall–Kier alpha value is -3.09. The first-order valence-corrected chi connectivity index (χ1v) is 9.56. The van der Waals surface area contributed by atoms with Crippen LogP contribution in [-0.4, -0.2) is 25.6 Å². The fourth-order valence-corrected chi connectivity index (χ4v) is 3.34. The molecule has 3 rings (SSSR count). The van der Waals surface area contributed by atoms with Gasteiger partial charge in [0, 0.05) is 31.1 Å². The fraction of sp³-hybridized carbons (Fsp3) is 0.409. The lowest BCUT2D eigenvalue weighted by molar-refractivity contribution is 0.102. The van der Waals surface area contributed by atoms with Gasteiger partial charge in [-0.25, -0.2) is 9.50 Å². The Bertz CT molecular complexity index is 1160. The summed E-state index contributed by atoms with van der Waals surface area (Å²) >= 11 is 0. The molecule has 2 heterocycles. The molecule has 0 unspecified atom stereocenters. The average Bonchev–Trinajstić information content (AvgIpc) is 2.94. The summed E-state index contributed by atoms with van der Waals surface area (Å²) in [5, 5.41) is 16.2. The van der Waals surface area contributed by atoms with E-state index in [1.807, 2.05) is 54.5 Å². The second kappa shape index (κ2) is 6.76. The number of rotatable bonds is 2. The molecule has 0 aliphatic carbocycles. The third-order valence-electron chi connectivity index (χ3n) is 4.87. The molecule has 7 nitrogen and oxygen atoms in total. The summed E-state index contributed by atoms with van der Waals surface area (Å²) in [7, 11) is 0. The van der Waals surface area contributed by atoms with Crippen molar-refractivity contribution in [3.63, 3.8) is 0 Å². The number of phenolic OH excluding ortho intramolecular Hbond substituents is 1. The minimum Gasteiger partial charge on any atom is -0.508 e. The summed E-state index contributed by atoms with van der Waals surface area (Å²) in [5.41, 5.74) is 2.26. The van der Waals surface area contributed by atoms with Crippen LogP contribution in [-0.2, 0) is 10.8 Å². The summed E-state index contributed by atoms with van der Waals surface area (Å²) in [6.45, 7) is 14.0. The van der Waals surface area contributed by atoms with E-state index in [4.69, 9.17) is 0 Å². The number of aryl methyl sites for hydroxylation is 1. The highest BCUT2D eigenvalue weighted by Gasteiger charge is 2.26. The fourth-order valence-electron chi connectivity index (χ4n) is 3.34. The van der Waals surface area contributed by atoms with Gasteiger partial charge in [-0.05, 0) is 34.9 Å². The monoisotopic (exact) mass is 398 g/mol. The van der Waals surface area contributed by atoms with Crippen LogP contribution >= 0.6 is 0 Å². The number of aromatic hydroxyl groups is 1. The molecule has 0 spiro atoms. The Morgan fingerprint density at radius 1 is 1.10 bits per heavy atom. The van der Waals surface area contributed by atoms with E-state index in [-0.39, 0.29) is 23.6 Å². The van der Waals surface area contributed by atoms with Gasteiger partial charge in [0.25, 0.3) is 11.5 Å². The molecule has 0 saturated carbocycles. The summed E-state index contributed by atoms with van der Waals surface area (Å²) in [4.78, 5) is 29.8. The summed E-state index contributed by atoms with van der Waals surface area (Å²) in [5.74, 6) is -0.469. The highest BCUT2D eigenvalue weighted by Crippen LogP contribution is 2.39. The van der Waals surface area contributed by atoms with Crippen LogP contribution in [0.5, 0.6) is 5.75 Å². The quantitative estimate of drug-likeness (QED) is 0.604. The Labute approximate surface area is 171 Å². The zero-order valence-electron chi connectivity index (χ0n) is 18.0. The van der Waals surface area contributed by atoms with Gasteiger partial charge in [0.1, 0.15) is 11.3 Å². The molecule has 0 atom stereocenters. The van der Waals surface area contributed by atoms with E-state index < -0.39 is 11.5 Å². The van der Waals surface area contributed by atoms with Gasteiger partial charge in [-0.1, -0.05) is 41.5 Å². The minimum absolute atomic E-state index is 0. The Balaban J connectivity index is 0.00000320. The number of phenols is 1. The number of fused-ring (bicyclic) bond motifs is 1. The van der Waals surface area contributed by atoms with Crippen LogP contribution < -0.4 is 10.9 Å². The van der Waals surface area contributed by atoms with Gasteiger partial charge in [-0.3, -0.25) is 14.7 Å². The van der Waals surface area contributed by atoms with Gasteiger partial charge in [-0.2, -0.15) is 0 Å². The highest BCUT2D eigenvalue weighted by molar-refractivity contribution is 6.04. The average molecular weight is 399 g/mol. The van der Waals surface area contributed by atoms with E-state index >= 15 is 0 Å². The molecule has 1 amide bonds. The van der Waals surface area contributed by atoms with Crippen LogP contribution in [0.4, 0.5) is 5.69 Å². The van der Waals surface area contributed by atoms with E-state index in [1.165, 1.54) is 10.7 Å². The van der Waals surface area contributed by atoms with Crippen LogP contribution in [0.25, 0.3) is 5.65 Å². The minimum atomic E-state index is -0.572. The molecule has 0 saturated heterocycles. The van der Waals surface area contributed by atoms with Crippen LogP contribution in [0.2, 0.25) is 0 Å². The molecule has 0 aliphatic heterocycles. The standard InChI is InChI=1S/C22H28N4O3.H2/c1-12-8-18-23-11-13(20(29)26(18)25-12)19(28)24-16-10-17(27)15(22(5,6)7)9-14(16)21(2,3)4;/h8-11,25,27H,1-7H3,(H,24,28);1H. The second-order valence-corrected chi connectivity index (χ2v) is 9.48. The maximum atomic E-state index is 12.9. The number of nitrogens with one attached hydrogen (secondary N) is 2. The maximum absolute atomic E-state index is 12.9. The zero-order valence-corrected chi connectivity index (χ0v) is 18.0. The molecular weight excluding hydrogens is 368 g/mol. The van der Waals surface area contributed by atoms with Crippen molar-refractivity contribution in [3.05, 3.63) is 57.1 Å². The molecule has 1 aromatic carbocycles. The topological polar surface area (TPSA) is 99.5 Å². The SMILES string of the molecule is Cc1cc2ncc(C(=O)Nc3cc(O)c(C(C)(C)C)cc3C(C)(C)C)c(=O)n2[nH]1.[HH]. The number of H-pyrrole nitrogens is 1. The smallest absolute Gasteiger partial charge is 0.285 e. The summed E-state index contributed by atoms with van der Waals surface area (Å²) in [6.07, 6.45) is 1.28. The van der Waals surface area contributed by atoms with E-state index in [0.717, 1.165) is 16.8 Å². The number of nitrogens with zero attached hydrogens (tertiary/aromatic N) is 2. The molecule has 0 fully saturated rings. The maximum Gasteiger partial charge on any atom is 0.285 e. The molecule has 3 aromatic rings. The largest absolute Gasteiger partial charge is 0.508 e.